The van der Waals surface area contributed by atoms with Gasteiger partial charge in [-0.25, -0.2) is 4.39 Å². The summed E-state index contributed by atoms with van der Waals surface area (Å²) in [7, 11) is 1.64. The van der Waals surface area contributed by atoms with Crippen molar-refractivity contribution in [3.05, 3.63) is 64.5 Å². The molecule has 0 heterocycles. The fourth-order valence-corrected chi connectivity index (χ4v) is 5.24. The SMILES string of the molecule is COc1ccc(F)cc1CC[C@@H]1CCc2cc([C@H]3CC[C@](N)(CO)C3)ccc2C1. The Balaban J connectivity index is 1.39. The molecule has 4 rings (SSSR count). The Labute approximate surface area is 173 Å². The van der Waals surface area contributed by atoms with Gasteiger partial charge in [0.15, 0.2) is 0 Å². The normalized spacial score (nSPS) is 26.3. The van der Waals surface area contributed by atoms with E-state index in [0.29, 0.717) is 11.8 Å². The molecule has 0 aromatic heterocycles. The second-order valence-electron chi connectivity index (χ2n) is 9.09. The predicted octanol–water partition coefficient (Wildman–Crippen LogP) is 4.53. The van der Waals surface area contributed by atoms with Gasteiger partial charge in [0.2, 0.25) is 0 Å². The maximum Gasteiger partial charge on any atom is 0.123 e. The summed E-state index contributed by atoms with van der Waals surface area (Å²) in [6.07, 6.45) is 8.11. The third kappa shape index (κ3) is 4.49. The molecule has 0 amide bonds. The number of hydrogen-bond donors (Lipinski definition) is 2. The van der Waals surface area contributed by atoms with Crippen LogP contribution in [0.15, 0.2) is 36.4 Å². The van der Waals surface area contributed by atoms with Gasteiger partial charge in [0.1, 0.15) is 11.6 Å². The minimum atomic E-state index is -0.399. The summed E-state index contributed by atoms with van der Waals surface area (Å²) in [6.45, 7) is 0.0756. The summed E-state index contributed by atoms with van der Waals surface area (Å²) in [6, 6.07) is 11.7. The van der Waals surface area contributed by atoms with Gasteiger partial charge >= 0.3 is 0 Å². The van der Waals surface area contributed by atoms with Crippen LogP contribution in [0, 0.1) is 11.7 Å². The molecule has 0 saturated heterocycles. The van der Waals surface area contributed by atoms with E-state index < -0.39 is 5.54 Å². The molecule has 2 aliphatic carbocycles. The first-order valence-corrected chi connectivity index (χ1v) is 10.8. The van der Waals surface area contributed by atoms with Gasteiger partial charge in [-0.2, -0.15) is 0 Å². The lowest BCUT2D eigenvalue weighted by molar-refractivity contribution is 0.198. The first-order valence-electron chi connectivity index (χ1n) is 10.8. The van der Waals surface area contributed by atoms with Crippen molar-refractivity contribution in [2.45, 2.75) is 62.8 Å². The molecular weight excluding hydrogens is 365 g/mol. The number of halogens is 1. The number of aliphatic hydroxyl groups excluding tert-OH is 1. The summed E-state index contributed by atoms with van der Waals surface area (Å²) in [5, 5.41) is 9.54. The van der Waals surface area contributed by atoms with Crippen molar-refractivity contribution in [3.8, 4) is 5.75 Å². The van der Waals surface area contributed by atoms with Crippen LogP contribution < -0.4 is 10.5 Å². The van der Waals surface area contributed by atoms with E-state index >= 15 is 0 Å². The van der Waals surface area contributed by atoms with Crippen LogP contribution in [-0.2, 0) is 19.3 Å². The van der Waals surface area contributed by atoms with E-state index in [1.165, 1.54) is 29.2 Å². The molecule has 3 nitrogen and oxygen atoms in total. The summed E-state index contributed by atoms with van der Waals surface area (Å²) in [5.41, 5.74) is 11.1. The molecule has 2 aliphatic rings. The third-order valence-electron chi connectivity index (χ3n) is 7.06. The zero-order valence-corrected chi connectivity index (χ0v) is 17.3. The van der Waals surface area contributed by atoms with Crippen LogP contribution >= 0.6 is 0 Å². The Morgan fingerprint density at radius 2 is 2.03 bits per heavy atom. The number of rotatable bonds is 6. The number of benzene rings is 2. The van der Waals surface area contributed by atoms with E-state index in [2.05, 4.69) is 18.2 Å². The zero-order valence-electron chi connectivity index (χ0n) is 17.3. The van der Waals surface area contributed by atoms with E-state index in [0.717, 1.165) is 56.3 Å². The van der Waals surface area contributed by atoms with E-state index in [1.807, 2.05) is 0 Å². The van der Waals surface area contributed by atoms with Crippen LogP contribution in [0.3, 0.4) is 0 Å². The summed E-state index contributed by atoms with van der Waals surface area (Å²) in [4.78, 5) is 0. The molecule has 0 aliphatic heterocycles. The second-order valence-corrected chi connectivity index (χ2v) is 9.09. The van der Waals surface area contributed by atoms with Gasteiger partial charge in [0.05, 0.1) is 13.7 Å². The van der Waals surface area contributed by atoms with Gasteiger partial charge in [-0.1, -0.05) is 18.2 Å². The zero-order chi connectivity index (χ0) is 20.4. The van der Waals surface area contributed by atoms with E-state index in [-0.39, 0.29) is 12.4 Å². The molecular formula is C25H32FNO2. The monoisotopic (exact) mass is 397 g/mol. The smallest absolute Gasteiger partial charge is 0.123 e. The Hall–Kier alpha value is -1.91. The van der Waals surface area contributed by atoms with Gasteiger partial charge in [-0.15, -0.1) is 0 Å². The molecule has 2 aromatic rings. The Bertz CT molecular complexity index is 868. The number of aryl methyl sites for hydroxylation is 2. The van der Waals surface area contributed by atoms with Crippen LogP contribution in [0.1, 0.15) is 60.3 Å². The van der Waals surface area contributed by atoms with Gasteiger partial charge < -0.3 is 15.6 Å². The van der Waals surface area contributed by atoms with E-state index in [1.54, 1.807) is 19.2 Å². The number of aliphatic hydroxyl groups is 1. The molecule has 3 N–H and O–H groups in total. The van der Waals surface area contributed by atoms with Crippen molar-refractivity contribution in [3.63, 3.8) is 0 Å². The van der Waals surface area contributed by atoms with E-state index in [9.17, 15) is 9.50 Å². The highest BCUT2D eigenvalue weighted by molar-refractivity contribution is 5.37. The minimum absolute atomic E-state index is 0.0756. The highest BCUT2D eigenvalue weighted by Gasteiger charge is 2.36. The lowest BCUT2D eigenvalue weighted by atomic mass is 9.79. The topological polar surface area (TPSA) is 55.5 Å². The fourth-order valence-electron chi connectivity index (χ4n) is 5.24. The van der Waals surface area contributed by atoms with Crippen molar-refractivity contribution in [1.29, 1.82) is 0 Å². The van der Waals surface area contributed by atoms with Crippen molar-refractivity contribution in [1.82, 2.24) is 0 Å². The lowest BCUT2D eigenvalue weighted by Crippen LogP contribution is -2.40. The highest BCUT2D eigenvalue weighted by Crippen LogP contribution is 2.41. The minimum Gasteiger partial charge on any atom is -0.496 e. The Morgan fingerprint density at radius 1 is 1.17 bits per heavy atom. The van der Waals surface area contributed by atoms with Crippen LogP contribution in [0.2, 0.25) is 0 Å². The maximum absolute atomic E-state index is 13.6. The van der Waals surface area contributed by atoms with Crippen LogP contribution in [0.5, 0.6) is 5.75 Å². The maximum atomic E-state index is 13.6. The number of ether oxygens (including phenoxy) is 1. The fraction of sp³-hybridized carbons (Fsp3) is 0.520. The number of fused-ring (bicyclic) bond motifs is 1. The molecule has 2 aromatic carbocycles. The van der Waals surface area contributed by atoms with Crippen molar-refractivity contribution < 1.29 is 14.2 Å². The van der Waals surface area contributed by atoms with Gasteiger partial charge in [0, 0.05) is 5.54 Å². The molecule has 156 valence electrons. The van der Waals surface area contributed by atoms with E-state index in [4.69, 9.17) is 10.5 Å². The predicted molar refractivity (Wildman–Crippen MR) is 114 cm³/mol. The first kappa shape index (κ1) is 20.4. The molecule has 4 heteroatoms. The standard InChI is InChI=1S/C25H32FNO2/c1-29-24-9-8-23(26)14-21(24)5-3-17-2-4-19-13-20(7-6-18(19)12-17)22-10-11-25(27,15-22)16-28/h6-9,13-14,17,22,28H,2-5,10-12,15-16,27H2,1H3/t17-,22-,25+/m0/s1. The third-order valence-corrected chi connectivity index (χ3v) is 7.06. The average Bonchev–Trinajstić information content (AvgIpc) is 3.14. The van der Waals surface area contributed by atoms with Gasteiger partial charge in [-0.05, 0) is 104 Å². The Kier molecular flexibility index (Phi) is 5.93. The molecule has 29 heavy (non-hydrogen) atoms. The van der Waals surface area contributed by atoms with Crippen molar-refractivity contribution in [2.75, 3.05) is 13.7 Å². The summed E-state index contributed by atoms with van der Waals surface area (Å²) < 4.78 is 19.0. The quantitative estimate of drug-likeness (QED) is 0.753. The molecule has 0 bridgehead atoms. The van der Waals surface area contributed by atoms with Gasteiger partial charge in [0.25, 0.3) is 0 Å². The second kappa shape index (κ2) is 8.45. The van der Waals surface area contributed by atoms with Crippen LogP contribution in [-0.4, -0.2) is 24.4 Å². The molecule has 0 unspecified atom stereocenters. The highest BCUT2D eigenvalue weighted by atomic mass is 19.1. The molecule has 3 atom stereocenters. The number of methoxy groups -OCH3 is 1. The molecule has 1 saturated carbocycles. The molecule has 1 fully saturated rings. The van der Waals surface area contributed by atoms with Crippen LogP contribution in [0.4, 0.5) is 4.39 Å². The molecule has 0 radical (unpaired) electrons. The lowest BCUT2D eigenvalue weighted by Gasteiger charge is -2.26. The average molecular weight is 398 g/mol. The largest absolute Gasteiger partial charge is 0.496 e. The molecule has 0 spiro atoms. The Morgan fingerprint density at radius 3 is 2.79 bits per heavy atom. The van der Waals surface area contributed by atoms with Crippen molar-refractivity contribution in [2.24, 2.45) is 11.7 Å². The van der Waals surface area contributed by atoms with Gasteiger partial charge in [-0.3, -0.25) is 0 Å². The first-order chi connectivity index (χ1) is 14.0. The number of nitrogens with two attached hydrogens (primary N) is 1. The summed E-state index contributed by atoms with van der Waals surface area (Å²) >= 11 is 0. The van der Waals surface area contributed by atoms with Crippen molar-refractivity contribution >= 4 is 0 Å². The summed E-state index contributed by atoms with van der Waals surface area (Å²) in [5.74, 6) is 1.68. The number of hydrogen-bond acceptors (Lipinski definition) is 3. The van der Waals surface area contributed by atoms with Crippen LogP contribution in [0.25, 0.3) is 0 Å².